The van der Waals surface area contributed by atoms with E-state index in [0.29, 0.717) is 4.88 Å². The molecule has 0 spiro atoms. The smallest absolute Gasteiger partial charge is 0.387 e. The normalized spacial score (nSPS) is 24.0. The largest absolute Gasteiger partial charge is 0.469 e. The van der Waals surface area contributed by atoms with Crippen molar-refractivity contribution in [3.05, 3.63) is 39.1 Å². The topological polar surface area (TPSA) is 209 Å². The Morgan fingerprint density at radius 2 is 2.16 bits per heavy atom. The minimum atomic E-state index is -4.82. The van der Waals surface area contributed by atoms with Gasteiger partial charge in [-0.2, -0.15) is 4.98 Å². The summed E-state index contributed by atoms with van der Waals surface area (Å²) in [6, 6.07) is 3.27. The van der Waals surface area contributed by atoms with Gasteiger partial charge in [0, 0.05) is 0 Å². The number of ether oxygens (including phenoxy) is 1. The van der Waals surface area contributed by atoms with Crippen LogP contribution in [0.4, 0.5) is 5.95 Å². The van der Waals surface area contributed by atoms with Crippen LogP contribution in [0.1, 0.15) is 15.9 Å². The third-order valence-corrected chi connectivity index (χ3v) is 5.78. The first-order valence-corrected chi connectivity index (χ1v) is 11.1. The number of imidazole rings is 1. The summed E-state index contributed by atoms with van der Waals surface area (Å²) in [5.74, 6) is -0.669. The average Bonchev–Trinajstić information content (AvgIpc) is 3.41. The summed E-state index contributed by atoms with van der Waals surface area (Å²) in [5, 5.41) is 24.6. The first kappa shape index (κ1) is 21.7. The van der Waals surface area contributed by atoms with Crippen LogP contribution in [0.25, 0.3) is 11.2 Å². The fraction of sp³-hybridized carbons (Fsp3) is 0.333. The van der Waals surface area contributed by atoms with Crippen LogP contribution in [-0.4, -0.2) is 70.3 Å². The van der Waals surface area contributed by atoms with Gasteiger partial charge in [-0.3, -0.25) is 29.0 Å². The van der Waals surface area contributed by atoms with Gasteiger partial charge in [0.15, 0.2) is 17.4 Å². The number of anilines is 1. The molecule has 14 nitrogen and oxygen atoms in total. The Hall–Kier alpha value is -2.49. The highest BCUT2D eigenvalue weighted by atomic mass is 32.1. The van der Waals surface area contributed by atoms with Crippen molar-refractivity contribution in [1.29, 1.82) is 0 Å². The molecular weight excluding hydrogens is 457 g/mol. The predicted molar refractivity (Wildman–Crippen MR) is 104 cm³/mol. The standard InChI is InChI=1S/C15H16N5O9PS/c21-9-6(4-28-30(25,26)27)29-14(10(9)22)20-5-16-8-11(20)17-15(19-13(8)24)18-12(23)7-2-1-3-31-7/h1-3,5-6,9-10,14,21-22H,4H2,(H2,25,26,27)(H2,17,18,19,23,24)/t6-,9-,10-,14-/m1/s1. The Labute approximate surface area is 176 Å². The van der Waals surface area contributed by atoms with E-state index in [1.54, 1.807) is 17.5 Å². The molecule has 1 fully saturated rings. The van der Waals surface area contributed by atoms with Crippen molar-refractivity contribution in [3.63, 3.8) is 0 Å². The number of aromatic nitrogens is 4. The van der Waals surface area contributed by atoms with E-state index in [4.69, 9.17) is 14.5 Å². The maximum atomic E-state index is 12.3. The van der Waals surface area contributed by atoms with Crippen molar-refractivity contribution in [2.24, 2.45) is 0 Å². The van der Waals surface area contributed by atoms with Crippen LogP contribution in [0.2, 0.25) is 0 Å². The third kappa shape index (κ3) is 4.44. The zero-order valence-electron chi connectivity index (χ0n) is 15.4. The Morgan fingerprint density at radius 3 is 2.84 bits per heavy atom. The lowest BCUT2D eigenvalue weighted by Gasteiger charge is -2.16. The molecule has 0 saturated carbocycles. The molecule has 4 rings (SSSR count). The zero-order valence-corrected chi connectivity index (χ0v) is 17.1. The lowest BCUT2D eigenvalue weighted by molar-refractivity contribution is -0.0503. The molecule has 4 atom stereocenters. The Balaban J connectivity index is 1.62. The van der Waals surface area contributed by atoms with Crippen LogP contribution < -0.4 is 10.9 Å². The molecular formula is C15H16N5O9PS. The predicted octanol–water partition coefficient (Wildman–Crippen LogP) is -0.838. The van der Waals surface area contributed by atoms with Gasteiger partial charge in [-0.15, -0.1) is 11.3 Å². The molecule has 4 heterocycles. The molecule has 0 unspecified atom stereocenters. The summed E-state index contributed by atoms with van der Waals surface area (Å²) >= 11 is 1.19. The van der Waals surface area contributed by atoms with E-state index < -0.39 is 50.4 Å². The number of aliphatic hydroxyl groups is 2. The molecule has 1 aliphatic heterocycles. The molecule has 166 valence electrons. The van der Waals surface area contributed by atoms with Gasteiger partial charge in [0.1, 0.15) is 18.3 Å². The van der Waals surface area contributed by atoms with Crippen LogP contribution in [0.5, 0.6) is 0 Å². The highest BCUT2D eigenvalue weighted by Crippen LogP contribution is 2.38. The zero-order chi connectivity index (χ0) is 22.3. The highest BCUT2D eigenvalue weighted by Gasteiger charge is 2.45. The summed E-state index contributed by atoms with van der Waals surface area (Å²) in [4.78, 5) is 53.0. The summed E-state index contributed by atoms with van der Waals surface area (Å²) in [6.07, 6.45) is -4.52. The first-order chi connectivity index (χ1) is 14.6. The van der Waals surface area contributed by atoms with Crippen LogP contribution in [-0.2, 0) is 13.8 Å². The van der Waals surface area contributed by atoms with Gasteiger partial charge in [-0.05, 0) is 11.4 Å². The second kappa shape index (κ2) is 8.22. The minimum Gasteiger partial charge on any atom is -0.387 e. The molecule has 1 saturated heterocycles. The molecule has 6 N–H and O–H groups in total. The average molecular weight is 473 g/mol. The second-order valence-corrected chi connectivity index (χ2v) is 8.69. The molecule has 0 aliphatic carbocycles. The summed E-state index contributed by atoms with van der Waals surface area (Å²) in [6.45, 7) is -0.693. The van der Waals surface area contributed by atoms with Crippen molar-refractivity contribution in [2.75, 3.05) is 11.9 Å². The number of carbonyl (C=O) groups is 1. The van der Waals surface area contributed by atoms with Crippen molar-refractivity contribution in [2.45, 2.75) is 24.5 Å². The molecule has 3 aromatic heterocycles. The van der Waals surface area contributed by atoms with Gasteiger partial charge < -0.3 is 24.7 Å². The van der Waals surface area contributed by atoms with E-state index in [-0.39, 0.29) is 17.1 Å². The molecule has 0 bridgehead atoms. The van der Waals surface area contributed by atoms with Crippen LogP contribution in [0, 0.1) is 0 Å². The third-order valence-electron chi connectivity index (χ3n) is 4.43. The maximum Gasteiger partial charge on any atom is 0.469 e. The number of carbonyl (C=O) groups excluding carboxylic acids is 1. The Morgan fingerprint density at radius 1 is 1.39 bits per heavy atom. The van der Waals surface area contributed by atoms with Crippen molar-refractivity contribution < 1.29 is 38.6 Å². The van der Waals surface area contributed by atoms with E-state index in [9.17, 15) is 24.4 Å². The van der Waals surface area contributed by atoms with Gasteiger partial charge in [-0.1, -0.05) is 6.07 Å². The number of phosphoric acid groups is 1. The number of aliphatic hydroxyl groups excluding tert-OH is 2. The number of nitrogens with one attached hydrogen (secondary N) is 2. The van der Waals surface area contributed by atoms with E-state index >= 15 is 0 Å². The molecule has 31 heavy (non-hydrogen) atoms. The highest BCUT2D eigenvalue weighted by molar-refractivity contribution is 7.46. The number of thiophene rings is 1. The number of hydrogen-bond donors (Lipinski definition) is 6. The van der Waals surface area contributed by atoms with Gasteiger partial charge in [0.05, 0.1) is 17.8 Å². The van der Waals surface area contributed by atoms with Crippen LogP contribution in [0.3, 0.4) is 0 Å². The quantitative estimate of drug-likeness (QED) is 0.243. The summed E-state index contributed by atoms with van der Waals surface area (Å²) in [7, 11) is -4.82. The minimum absolute atomic E-state index is 0.0574. The number of hydrogen-bond acceptors (Lipinski definition) is 10. The molecule has 1 amide bonds. The number of fused-ring (bicyclic) bond motifs is 1. The number of H-pyrrole nitrogens is 1. The number of aromatic amines is 1. The fourth-order valence-electron chi connectivity index (χ4n) is 3.02. The molecule has 0 radical (unpaired) electrons. The Kier molecular flexibility index (Phi) is 5.76. The molecule has 16 heteroatoms. The number of nitrogens with zero attached hydrogens (tertiary/aromatic N) is 3. The number of rotatable bonds is 6. The van der Waals surface area contributed by atoms with E-state index in [0.717, 1.165) is 10.9 Å². The fourth-order valence-corrected chi connectivity index (χ4v) is 3.98. The number of phosphoric ester groups is 1. The maximum absolute atomic E-state index is 12.3. The summed E-state index contributed by atoms with van der Waals surface area (Å²) < 4.78 is 21.8. The van der Waals surface area contributed by atoms with Crippen molar-refractivity contribution in [1.82, 2.24) is 19.5 Å². The lowest BCUT2D eigenvalue weighted by Crippen LogP contribution is -2.33. The number of amides is 1. The second-order valence-electron chi connectivity index (χ2n) is 6.50. The van der Waals surface area contributed by atoms with Crippen molar-refractivity contribution >= 4 is 42.2 Å². The van der Waals surface area contributed by atoms with Crippen LogP contribution in [0.15, 0.2) is 28.6 Å². The van der Waals surface area contributed by atoms with Crippen molar-refractivity contribution in [3.8, 4) is 0 Å². The summed E-state index contributed by atoms with van der Waals surface area (Å²) in [5.41, 5.74) is -0.841. The molecule has 0 aromatic carbocycles. The van der Waals surface area contributed by atoms with Gasteiger partial charge in [-0.25, -0.2) is 9.55 Å². The lowest BCUT2D eigenvalue weighted by atomic mass is 10.1. The first-order valence-electron chi connectivity index (χ1n) is 8.67. The molecule has 1 aliphatic rings. The van der Waals surface area contributed by atoms with E-state index in [2.05, 4.69) is 24.8 Å². The van der Waals surface area contributed by atoms with Crippen LogP contribution >= 0.6 is 19.2 Å². The van der Waals surface area contributed by atoms with Gasteiger partial charge >= 0.3 is 7.82 Å². The van der Waals surface area contributed by atoms with E-state index in [1.165, 1.54) is 11.3 Å². The van der Waals surface area contributed by atoms with E-state index in [1.807, 2.05) is 0 Å². The SMILES string of the molecule is O=C(Nc1nc2c(ncn2[C@@H]2O[C@H](COP(=O)(O)O)[C@@H](O)[C@H]2O)c(=O)[nH]1)c1cccs1. The monoisotopic (exact) mass is 473 g/mol. The van der Waals surface area contributed by atoms with Gasteiger partial charge in [0.25, 0.3) is 11.5 Å². The Bertz CT molecular complexity index is 1210. The molecule has 3 aromatic rings. The van der Waals surface area contributed by atoms with Gasteiger partial charge in [0.2, 0.25) is 5.95 Å².